The number of methoxy groups -OCH3 is 1. The van der Waals surface area contributed by atoms with Gasteiger partial charge in [0.2, 0.25) is 0 Å². The summed E-state index contributed by atoms with van der Waals surface area (Å²) in [5, 5.41) is 11.5. The number of alkyl halides is 3. The van der Waals surface area contributed by atoms with Crippen molar-refractivity contribution in [2.75, 3.05) is 14.2 Å². The number of likely N-dealkylation sites (N-methyl/N-ethyl adjacent to an activating group) is 1. The molecule has 162 valence electrons. The fraction of sp³-hybridized carbons (Fsp3) is 0.409. The average molecular weight is 443 g/mol. The zero-order valence-electron chi connectivity index (χ0n) is 17.1. The van der Waals surface area contributed by atoms with Gasteiger partial charge in [-0.25, -0.2) is 4.39 Å². The van der Waals surface area contributed by atoms with Gasteiger partial charge in [-0.3, -0.25) is 0 Å². The van der Waals surface area contributed by atoms with Crippen LogP contribution in [-0.2, 0) is 11.8 Å². The smallest absolute Gasteiger partial charge is 0.406 e. The van der Waals surface area contributed by atoms with Crippen LogP contribution in [0.1, 0.15) is 37.0 Å². The minimum atomic E-state index is -4.64. The van der Waals surface area contributed by atoms with Gasteiger partial charge in [-0.05, 0) is 54.8 Å². The molecule has 0 aliphatic heterocycles. The van der Waals surface area contributed by atoms with Crippen LogP contribution in [0.4, 0.5) is 17.6 Å². The first-order valence-electron chi connectivity index (χ1n) is 9.17. The second-order valence-electron chi connectivity index (χ2n) is 7.83. The molecule has 8 heteroatoms. The van der Waals surface area contributed by atoms with E-state index in [-0.39, 0.29) is 16.1 Å². The molecule has 0 saturated heterocycles. The van der Waals surface area contributed by atoms with Gasteiger partial charge < -0.3 is 10.1 Å². The lowest BCUT2D eigenvalue weighted by molar-refractivity contribution is -0.201. The number of hydrogen-bond acceptors (Lipinski definition) is 3. The molecule has 2 aromatic rings. The van der Waals surface area contributed by atoms with Gasteiger partial charge in [0.15, 0.2) is 0 Å². The second-order valence-corrected chi connectivity index (χ2v) is 8.24. The van der Waals surface area contributed by atoms with E-state index in [9.17, 15) is 17.6 Å². The second kappa shape index (κ2) is 8.83. The number of hydrogen-bond donors (Lipinski definition) is 1. The van der Waals surface area contributed by atoms with E-state index in [4.69, 9.17) is 21.6 Å². The molecule has 0 aliphatic carbocycles. The predicted molar refractivity (Wildman–Crippen MR) is 108 cm³/mol. The molecule has 2 aromatic carbocycles. The molecular weight excluding hydrogens is 420 g/mol. The quantitative estimate of drug-likeness (QED) is 0.552. The number of benzene rings is 2. The summed E-state index contributed by atoms with van der Waals surface area (Å²) in [6.45, 7) is 3.23. The zero-order chi connectivity index (χ0) is 22.7. The highest BCUT2D eigenvalue weighted by Gasteiger charge is 2.56. The number of ether oxygens (including phenoxy) is 1. The molecule has 3 nitrogen and oxygen atoms in total. The van der Waals surface area contributed by atoms with Crippen LogP contribution in [0.25, 0.3) is 0 Å². The van der Waals surface area contributed by atoms with E-state index < -0.39 is 35.8 Å². The van der Waals surface area contributed by atoms with Gasteiger partial charge in [-0.1, -0.05) is 31.5 Å². The summed E-state index contributed by atoms with van der Waals surface area (Å²) in [6, 6.07) is 9.90. The van der Waals surface area contributed by atoms with Crippen molar-refractivity contribution in [3.8, 4) is 11.8 Å². The van der Waals surface area contributed by atoms with Gasteiger partial charge in [-0.2, -0.15) is 18.4 Å². The van der Waals surface area contributed by atoms with Gasteiger partial charge in [0, 0.05) is 17.0 Å². The minimum Gasteiger partial charge on any atom is -0.496 e. The lowest BCUT2D eigenvalue weighted by Crippen LogP contribution is -2.59. The molecule has 0 radical (unpaired) electrons. The summed E-state index contributed by atoms with van der Waals surface area (Å²) < 4.78 is 62.3. The summed E-state index contributed by atoms with van der Waals surface area (Å²) in [6.07, 6.45) is -5.51. The van der Waals surface area contributed by atoms with Crippen molar-refractivity contribution in [3.63, 3.8) is 0 Å². The van der Waals surface area contributed by atoms with Crippen LogP contribution >= 0.6 is 11.6 Å². The Balaban J connectivity index is 2.55. The fourth-order valence-corrected chi connectivity index (χ4v) is 3.97. The third kappa shape index (κ3) is 4.88. The van der Waals surface area contributed by atoms with Crippen LogP contribution in [0, 0.1) is 17.1 Å². The molecule has 0 bridgehead atoms. The minimum absolute atomic E-state index is 0.0825. The highest BCUT2D eigenvalue weighted by atomic mass is 35.5. The van der Waals surface area contributed by atoms with E-state index in [0.29, 0.717) is 11.3 Å². The van der Waals surface area contributed by atoms with Crippen molar-refractivity contribution in [1.82, 2.24) is 5.32 Å². The Kier molecular flexibility index (Phi) is 7.05. The van der Waals surface area contributed by atoms with E-state index >= 15 is 0 Å². The van der Waals surface area contributed by atoms with Crippen LogP contribution in [0.5, 0.6) is 5.75 Å². The summed E-state index contributed by atoms with van der Waals surface area (Å²) in [5.74, 6) is -0.249. The Morgan fingerprint density at radius 1 is 1.13 bits per heavy atom. The molecule has 0 saturated carbocycles. The molecule has 1 atom stereocenters. The van der Waals surface area contributed by atoms with E-state index in [2.05, 4.69) is 5.32 Å². The molecule has 0 aliphatic rings. The molecule has 2 rings (SSSR count). The van der Waals surface area contributed by atoms with Crippen molar-refractivity contribution in [3.05, 3.63) is 63.9 Å². The van der Waals surface area contributed by atoms with Crippen LogP contribution in [0.2, 0.25) is 5.02 Å². The zero-order valence-corrected chi connectivity index (χ0v) is 17.9. The Hall–Kier alpha value is -2.30. The standard InChI is InChI=1S/C22H23ClF4N2O/c1-20(2,17-10-16(24)7-8-19(17)30-4)13-21(29-3,22(25,26)27)11-15-6-5-14(12-28)9-18(15)23/h5-10,29H,11,13H2,1-4H3. The number of rotatable bonds is 7. The number of nitrogens with zero attached hydrogens (tertiary/aromatic N) is 1. The normalized spacial score (nSPS) is 14.1. The lowest BCUT2D eigenvalue weighted by Gasteiger charge is -2.42. The number of halogens is 5. The van der Waals surface area contributed by atoms with E-state index in [1.54, 1.807) is 13.8 Å². The monoisotopic (exact) mass is 442 g/mol. The van der Waals surface area contributed by atoms with Gasteiger partial charge in [-0.15, -0.1) is 0 Å². The topological polar surface area (TPSA) is 45.0 Å². The molecule has 1 unspecified atom stereocenters. The first-order chi connectivity index (χ1) is 13.9. The van der Waals surface area contributed by atoms with Crippen molar-refractivity contribution >= 4 is 11.6 Å². The molecule has 0 heterocycles. The number of nitrogens with one attached hydrogen (secondary N) is 1. The van der Waals surface area contributed by atoms with E-state index in [1.807, 2.05) is 6.07 Å². The maximum atomic E-state index is 14.4. The van der Waals surface area contributed by atoms with Crippen LogP contribution in [-0.4, -0.2) is 25.9 Å². The van der Waals surface area contributed by atoms with Crippen LogP contribution in [0.3, 0.4) is 0 Å². The lowest BCUT2D eigenvalue weighted by atomic mass is 9.71. The van der Waals surface area contributed by atoms with Crippen molar-refractivity contribution in [1.29, 1.82) is 5.26 Å². The summed E-state index contributed by atoms with van der Waals surface area (Å²) in [4.78, 5) is 0. The Labute approximate surface area is 178 Å². The maximum absolute atomic E-state index is 14.4. The third-order valence-electron chi connectivity index (χ3n) is 5.33. The SMILES string of the molecule is CNC(Cc1ccc(C#N)cc1Cl)(CC(C)(C)c1cc(F)ccc1OC)C(F)(F)F. The number of nitriles is 1. The van der Waals surface area contributed by atoms with Gasteiger partial charge in [0.25, 0.3) is 0 Å². The molecule has 0 amide bonds. The molecule has 0 aromatic heterocycles. The Morgan fingerprint density at radius 2 is 1.80 bits per heavy atom. The summed E-state index contributed by atoms with van der Waals surface area (Å²) in [7, 11) is 2.63. The highest BCUT2D eigenvalue weighted by Crippen LogP contribution is 2.45. The van der Waals surface area contributed by atoms with Crippen LogP contribution < -0.4 is 10.1 Å². The van der Waals surface area contributed by atoms with Crippen molar-refractivity contribution in [2.24, 2.45) is 0 Å². The fourth-order valence-electron chi connectivity index (χ4n) is 3.73. The van der Waals surface area contributed by atoms with E-state index in [1.165, 1.54) is 50.6 Å². The van der Waals surface area contributed by atoms with E-state index in [0.717, 1.165) is 0 Å². The van der Waals surface area contributed by atoms with Gasteiger partial charge in [0.05, 0.1) is 18.7 Å². The maximum Gasteiger partial charge on any atom is 0.406 e. The van der Waals surface area contributed by atoms with Crippen molar-refractivity contribution < 1.29 is 22.3 Å². The Bertz CT molecular complexity index is 953. The molecule has 0 fully saturated rings. The molecular formula is C22H23ClF4N2O. The predicted octanol–water partition coefficient (Wildman–Crippen LogP) is 5.79. The molecule has 0 spiro atoms. The summed E-state index contributed by atoms with van der Waals surface area (Å²) >= 11 is 6.16. The van der Waals surface area contributed by atoms with Crippen LogP contribution in [0.15, 0.2) is 36.4 Å². The molecule has 1 N–H and O–H groups in total. The first kappa shape index (κ1) is 24.0. The Morgan fingerprint density at radius 3 is 2.30 bits per heavy atom. The van der Waals surface area contributed by atoms with Gasteiger partial charge >= 0.3 is 6.18 Å². The summed E-state index contributed by atoms with van der Waals surface area (Å²) in [5.41, 5.74) is -2.61. The first-order valence-corrected chi connectivity index (χ1v) is 9.55. The highest BCUT2D eigenvalue weighted by molar-refractivity contribution is 6.31. The van der Waals surface area contributed by atoms with Crippen molar-refractivity contribution in [2.45, 2.75) is 43.8 Å². The average Bonchev–Trinajstić information content (AvgIpc) is 2.67. The largest absolute Gasteiger partial charge is 0.496 e. The molecule has 30 heavy (non-hydrogen) atoms. The third-order valence-corrected chi connectivity index (χ3v) is 5.68. The van der Waals surface area contributed by atoms with Gasteiger partial charge in [0.1, 0.15) is 17.1 Å².